The number of benzene rings is 2. The summed E-state index contributed by atoms with van der Waals surface area (Å²) in [6.45, 7) is 4.12. The Bertz CT molecular complexity index is 2120. The molecule has 0 bridgehead atoms. The largest absolute Gasteiger partial charge is 0.480 e. The lowest BCUT2D eigenvalue weighted by Gasteiger charge is -2.30. The summed E-state index contributed by atoms with van der Waals surface area (Å²) < 4.78 is 39.4. The molecule has 0 spiro atoms. The molecule has 0 unspecified atom stereocenters. The average molecular weight is 725 g/mol. The zero-order chi connectivity index (χ0) is 35.5. The van der Waals surface area contributed by atoms with E-state index in [-0.39, 0.29) is 33.5 Å². The maximum Gasteiger partial charge on any atom is 0.309 e. The number of aryl methyl sites for hydroxylation is 1. The third-order valence-corrected chi connectivity index (χ3v) is 9.39. The number of hydrogen-bond acceptors (Lipinski definition) is 10. The second-order valence-electron chi connectivity index (χ2n) is 11.7. The predicted molar refractivity (Wildman–Crippen MR) is 187 cm³/mol. The van der Waals surface area contributed by atoms with Gasteiger partial charge in [-0.2, -0.15) is 5.10 Å². The molecule has 1 N–H and O–H groups in total. The van der Waals surface area contributed by atoms with E-state index >= 15 is 0 Å². The van der Waals surface area contributed by atoms with Gasteiger partial charge in [0.05, 0.1) is 58.8 Å². The first kappa shape index (κ1) is 35.1. The maximum absolute atomic E-state index is 13.7. The lowest BCUT2D eigenvalue weighted by atomic mass is 9.97. The summed E-state index contributed by atoms with van der Waals surface area (Å²) in [5.74, 6) is 0.0338. The molecule has 5 aromatic rings. The van der Waals surface area contributed by atoms with E-state index in [0.717, 1.165) is 23.8 Å². The fourth-order valence-electron chi connectivity index (χ4n) is 5.98. The van der Waals surface area contributed by atoms with Crippen LogP contribution in [0.2, 0.25) is 10.0 Å². The monoisotopic (exact) mass is 723 g/mol. The van der Waals surface area contributed by atoms with Crippen molar-refractivity contribution >= 4 is 51.4 Å². The van der Waals surface area contributed by atoms with Gasteiger partial charge in [-0.3, -0.25) is 19.5 Å². The number of piperidine rings is 1. The van der Waals surface area contributed by atoms with Crippen molar-refractivity contribution in [3.63, 3.8) is 0 Å². The van der Waals surface area contributed by atoms with Crippen LogP contribution in [-0.2, 0) is 23.1 Å². The Morgan fingerprint density at radius 2 is 1.74 bits per heavy atom. The van der Waals surface area contributed by atoms with Crippen molar-refractivity contribution in [3.8, 4) is 28.3 Å². The molecule has 0 radical (unpaired) electrons. The molecule has 4 heterocycles. The zero-order valence-corrected chi connectivity index (χ0v) is 28.9. The third kappa shape index (κ3) is 7.11. The van der Waals surface area contributed by atoms with Crippen molar-refractivity contribution in [2.75, 3.05) is 32.1 Å². The Balaban J connectivity index is 1.28. The molecule has 2 aromatic carbocycles. The number of methoxy groups -OCH3 is 1. The van der Waals surface area contributed by atoms with Gasteiger partial charge in [0, 0.05) is 35.7 Å². The van der Waals surface area contributed by atoms with Gasteiger partial charge in [0.1, 0.15) is 17.2 Å². The minimum atomic E-state index is -2.88. The van der Waals surface area contributed by atoms with Crippen molar-refractivity contribution in [1.29, 1.82) is 0 Å². The minimum Gasteiger partial charge on any atom is -0.480 e. The second-order valence-corrected chi connectivity index (χ2v) is 12.5. The number of carbonyl (C=O) groups is 1. The number of nitrogens with one attached hydrogen (secondary N) is 1. The summed E-state index contributed by atoms with van der Waals surface area (Å²) in [6.07, 6.45) is 1.51. The van der Waals surface area contributed by atoms with Crippen molar-refractivity contribution in [2.45, 2.75) is 32.7 Å². The van der Waals surface area contributed by atoms with Crippen molar-refractivity contribution < 1.29 is 23.0 Å². The molecule has 260 valence electrons. The molecule has 1 saturated heterocycles. The molecular weight excluding hydrogens is 691 g/mol. The normalized spacial score (nSPS) is 13.9. The summed E-state index contributed by atoms with van der Waals surface area (Å²) in [5.41, 5.74) is 2.12. The molecule has 0 saturated carbocycles. The van der Waals surface area contributed by atoms with E-state index in [2.05, 4.69) is 25.3 Å². The molecule has 0 aliphatic carbocycles. The van der Waals surface area contributed by atoms with Gasteiger partial charge in [0.25, 0.3) is 12.0 Å². The van der Waals surface area contributed by atoms with E-state index in [4.69, 9.17) is 37.7 Å². The number of hydrogen-bond donors (Lipinski definition) is 1. The van der Waals surface area contributed by atoms with Crippen LogP contribution in [0.1, 0.15) is 37.6 Å². The molecule has 3 aromatic heterocycles. The first-order valence-corrected chi connectivity index (χ1v) is 16.6. The predicted octanol–water partition coefficient (Wildman–Crippen LogP) is 7.22. The number of fused-ring (bicyclic) bond motifs is 1. The van der Waals surface area contributed by atoms with Gasteiger partial charge < -0.3 is 14.8 Å². The Hall–Kier alpha value is -4.72. The molecule has 50 heavy (non-hydrogen) atoms. The Labute approximate surface area is 296 Å². The molecule has 1 aliphatic rings. The summed E-state index contributed by atoms with van der Waals surface area (Å²) in [4.78, 5) is 40.8. The minimum absolute atomic E-state index is 0.0782. The topological polar surface area (TPSA) is 124 Å². The number of ether oxygens (including phenoxy) is 2. The summed E-state index contributed by atoms with van der Waals surface area (Å²) in [7, 11) is 2.99. The van der Waals surface area contributed by atoms with E-state index < -0.39 is 17.7 Å². The number of esters is 1. The number of pyridine rings is 1. The molecule has 0 atom stereocenters. The molecule has 11 nitrogen and oxygen atoms in total. The Morgan fingerprint density at radius 1 is 1.04 bits per heavy atom. The summed E-state index contributed by atoms with van der Waals surface area (Å²) in [5, 5.41) is 7.82. The van der Waals surface area contributed by atoms with Gasteiger partial charge in [-0.1, -0.05) is 53.5 Å². The molecular formula is C35H33Cl2F2N7O4. The Morgan fingerprint density at radius 3 is 2.44 bits per heavy atom. The number of rotatable bonds is 10. The number of likely N-dealkylation sites (tertiary alicyclic amines) is 1. The van der Waals surface area contributed by atoms with E-state index in [9.17, 15) is 18.4 Å². The molecule has 6 rings (SSSR count). The van der Waals surface area contributed by atoms with Crippen LogP contribution >= 0.6 is 23.2 Å². The van der Waals surface area contributed by atoms with Crippen LogP contribution in [0.5, 0.6) is 5.88 Å². The van der Waals surface area contributed by atoms with Crippen LogP contribution in [0.4, 0.5) is 20.3 Å². The molecule has 1 aliphatic heterocycles. The molecule has 1 fully saturated rings. The van der Waals surface area contributed by atoms with Crippen LogP contribution in [0.25, 0.3) is 33.2 Å². The van der Waals surface area contributed by atoms with E-state index in [0.29, 0.717) is 70.7 Å². The highest BCUT2D eigenvalue weighted by Gasteiger charge is 2.27. The first-order chi connectivity index (χ1) is 24.1. The van der Waals surface area contributed by atoms with E-state index in [1.54, 1.807) is 42.6 Å². The average Bonchev–Trinajstić information content (AvgIpc) is 3.11. The lowest BCUT2D eigenvalue weighted by Crippen LogP contribution is -2.36. The van der Waals surface area contributed by atoms with Gasteiger partial charge in [0.15, 0.2) is 0 Å². The highest BCUT2D eigenvalue weighted by molar-refractivity contribution is 6.39. The quantitative estimate of drug-likeness (QED) is 0.148. The maximum atomic E-state index is 13.7. The number of anilines is 2. The van der Waals surface area contributed by atoms with Crippen molar-refractivity contribution in [2.24, 2.45) is 13.0 Å². The summed E-state index contributed by atoms with van der Waals surface area (Å²) in [6, 6.07) is 11.7. The van der Waals surface area contributed by atoms with E-state index in [1.807, 2.05) is 6.92 Å². The number of aromatic nitrogens is 5. The standard InChI is InChI=1S/C35H33Cl2F2N7O4/c1-4-50-35(48)19-11-13-46(14-12-19)18-27-33(49-3)44-26(17-40-27)23-9-5-7-21(29(23)36)22-8-6-10-24(30(22)37)42-32-28-20(15-25(43-32)31(38)39)16-41-45(2)34(28)47/h5-10,15-17,19,31H,4,11-14,18H2,1-3H3,(H,42,43). The highest BCUT2D eigenvalue weighted by atomic mass is 35.5. The third-order valence-electron chi connectivity index (χ3n) is 8.57. The summed E-state index contributed by atoms with van der Waals surface area (Å²) >= 11 is 13.9. The molecule has 15 heteroatoms. The van der Waals surface area contributed by atoms with Gasteiger partial charge in [-0.25, -0.2) is 23.4 Å². The second kappa shape index (κ2) is 15.0. The van der Waals surface area contributed by atoms with Crippen molar-refractivity contribution in [3.05, 3.63) is 86.6 Å². The Kier molecular flexibility index (Phi) is 10.6. The zero-order valence-electron chi connectivity index (χ0n) is 27.4. The highest BCUT2D eigenvalue weighted by Crippen LogP contribution is 2.42. The van der Waals surface area contributed by atoms with Crippen molar-refractivity contribution in [1.82, 2.24) is 29.6 Å². The fraction of sp³-hybridized carbons (Fsp3) is 0.314. The van der Waals surface area contributed by atoms with Gasteiger partial charge in [0.2, 0.25) is 5.88 Å². The number of nitrogens with zero attached hydrogens (tertiary/aromatic N) is 6. The van der Waals surface area contributed by atoms with Crippen LogP contribution in [0.15, 0.2) is 59.7 Å². The van der Waals surface area contributed by atoms with Crippen LogP contribution in [0.3, 0.4) is 0 Å². The van der Waals surface area contributed by atoms with Gasteiger partial charge in [-0.15, -0.1) is 0 Å². The van der Waals surface area contributed by atoms with Crippen LogP contribution in [0, 0.1) is 5.92 Å². The SMILES string of the molecule is CCOC(=O)C1CCN(Cc2ncc(-c3cccc(-c4cccc(Nc5nc(C(F)F)cc6cnn(C)c(=O)c56)c4Cl)c3Cl)nc2OC)CC1. The van der Waals surface area contributed by atoms with Gasteiger partial charge >= 0.3 is 5.97 Å². The molecule has 0 amide bonds. The number of carbonyl (C=O) groups excluding carboxylic acids is 1. The smallest absolute Gasteiger partial charge is 0.309 e. The van der Waals surface area contributed by atoms with Gasteiger partial charge in [-0.05, 0) is 45.0 Å². The first-order valence-electron chi connectivity index (χ1n) is 15.9. The number of alkyl halides is 2. The van der Waals surface area contributed by atoms with E-state index in [1.165, 1.54) is 20.4 Å². The van der Waals surface area contributed by atoms with Crippen LogP contribution in [-0.4, -0.2) is 62.4 Å². The number of halogens is 4. The lowest BCUT2D eigenvalue weighted by molar-refractivity contribution is -0.149. The fourth-order valence-corrected chi connectivity index (χ4v) is 6.58. The van der Waals surface area contributed by atoms with Crippen LogP contribution < -0.4 is 15.6 Å².